The molecule has 0 saturated carbocycles. The Bertz CT molecular complexity index is 72.6. The van der Waals surface area contributed by atoms with Crippen molar-refractivity contribution in [2.45, 2.75) is 7.43 Å². The van der Waals surface area contributed by atoms with Crippen LogP contribution in [0.2, 0.25) is 0 Å². The van der Waals surface area contributed by atoms with Gasteiger partial charge in [-0.25, -0.2) is 4.58 Å². The van der Waals surface area contributed by atoms with Gasteiger partial charge in [0.15, 0.2) is 13.1 Å². The predicted molar refractivity (Wildman–Crippen MR) is 34.7 cm³/mol. The number of hydrogen-bond acceptors (Lipinski definition) is 1. The summed E-state index contributed by atoms with van der Waals surface area (Å²) in [4.78, 5) is 0. The summed E-state index contributed by atoms with van der Waals surface area (Å²) < 4.78 is 7.08. The van der Waals surface area contributed by atoms with Crippen LogP contribution in [-0.2, 0) is 4.74 Å². The first kappa shape index (κ1) is 7.63. The Morgan fingerprint density at radius 1 is 1.25 bits per heavy atom. The molecule has 0 bridgehead atoms. The van der Waals surface area contributed by atoms with Gasteiger partial charge in [0.05, 0.1) is 0 Å². The topological polar surface area (TPSA) is 12.2 Å². The highest BCUT2D eigenvalue weighted by Crippen LogP contribution is 1.84. The standard InChI is InChI=1S/C5H10NO.CH4/c1-6-2-4-7-5-3-6;/h1-5H2;1H4/q+1;. The molecule has 2 heteroatoms. The van der Waals surface area contributed by atoms with Crippen molar-refractivity contribution in [1.82, 2.24) is 0 Å². The number of hydrogen-bond donors (Lipinski definition) is 0. The van der Waals surface area contributed by atoms with Crippen LogP contribution in [0.4, 0.5) is 0 Å². The first-order valence-electron chi connectivity index (χ1n) is 2.53. The molecule has 1 fully saturated rings. The van der Waals surface area contributed by atoms with Crippen LogP contribution >= 0.6 is 0 Å². The molecular weight excluding hydrogens is 102 g/mol. The summed E-state index contributed by atoms with van der Waals surface area (Å²) in [6.45, 7) is 7.42. The first-order valence-corrected chi connectivity index (χ1v) is 2.53. The lowest BCUT2D eigenvalue weighted by Crippen LogP contribution is -2.26. The van der Waals surface area contributed by atoms with E-state index < -0.39 is 0 Å². The highest BCUT2D eigenvalue weighted by Gasteiger charge is 2.05. The van der Waals surface area contributed by atoms with Crippen molar-refractivity contribution in [2.24, 2.45) is 0 Å². The number of morpholine rings is 1. The van der Waals surface area contributed by atoms with Crippen LogP contribution in [0.15, 0.2) is 0 Å². The minimum absolute atomic E-state index is 0. The zero-order valence-corrected chi connectivity index (χ0v) is 4.39. The van der Waals surface area contributed by atoms with Gasteiger partial charge in [-0.05, 0) is 0 Å². The molecule has 0 aliphatic carbocycles. The van der Waals surface area contributed by atoms with Gasteiger partial charge in [0.25, 0.3) is 0 Å². The Morgan fingerprint density at radius 3 is 2.00 bits per heavy atom. The summed E-state index contributed by atoms with van der Waals surface area (Å²) >= 11 is 0. The van der Waals surface area contributed by atoms with Crippen molar-refractivity contribution < 1.29 is 9.31 Å². The molecule has 0 amide bonds. The Balaban J connectivity index is 0.000000490. The van der Waals surface area contributed by atoms with Gasteiger partial charge in [-0.1, -0.05) is 7.43 Å². The van der Waals surface area contributed by atoms with E-state index in [1.54, 1.807) is 0 Å². The summed E-state index contributed by atoms with van der Waals surface area (Å²) in [6, 6.07) is 0. The van der Waals surface area contributed by atoms with Gasteiger partial charge < -0.3 is 4.74 Å². The van der Waals surface area contributed by atoms with Gasteiger partial charge in [0, 0.05) is 0 Å². The molecule has 1 heterocycles. The zero-order valence-electron chi connectivity index (χ0n) is 4.39. The maximum atomic E-state index is 5.06. The molecule has 8 heavy (non-hydrogen) atoms. The summed E-state index contributed by atoms with van der Waals surface area (Å²) in [5, 5.41) is 0. The fourth-order valence-electron chi connectivity index (χ4n) is 0.601. The fourth-order valence-corrected chi connectivity index (χ4v) is 0.601. The molecule has 0 aromatic carbocycles. The number of rotatable bonds is 0. The van der Waals surface area contributed by atoms with E-state index in [9.17, 15) is 0 Å². The number of ether oxygens (including phenoxy) is 1. The van der Waals surface area contributed by atoms with Crippen molar-refractivity contribution in [3.05, 3.63) is 0 Å². The average Bonchev–Trinajstić information content (AvgIpc) is 1.69. The largest absolute Gasteiger partial charge is 0.368 e. The molecule has 0 atom stereocenters. The summed E-state index contributed by atoms with van der Waals surface area (Å²) in [7, 11) is 0. The van der Waals surface area contributed by atoms with Gasteiger partial charge >= 0.3 is 0 Å². The van der Waals surface area contributed by atoms with Crippen LogP contribution in [0.1, 0.15) is 7.43 Å². The first-order chi connectivity index (χ1) is 3.39. The van der Waals surface area contributed by atoms with E-state index in [0.717, 1.165) is 26.3 Å². The van der Waals surface area contributed by atoms with Crippen molar-refractivity contribution in [2.75, 3.05) is 26.3 Å². The highest BCUT2D eigenvalue weighted by molar-refractivity contribution is 5.14. The molecule has 48 valence electrons. The molecule has 0 aromatic rings. The second-order valence-electron chi connectivity index (χ2n) is 1.73. The predicted octanol–water partition coefficient (Wildman–Crippen LogP) is 0.366. The average molecular weight is 116 g/mol. The van der Waals surface area contributed by atoms with E-state index in [2.05, 4.69) is 6.72 Å². The Kier molecular flexibility index (Phi) is 3.44. The molecule has 1 aliphatic rings. The molecule has 0 unspecified atom stereocenters. The Hall–Kier alpha value is -0.370. The molecule has 0 aromatic heterocycles. The van der Waals surface area contributed by atoms with Crippen LogP contribution in [0, 0.1) is 0 Å². The summed E-state index contributed by atoms with van der Waals surface area (Å²) in [5.74, 6) is 0. The normalized spacial score (nSPS) is 19.8. The second-order valence-corrected chi connectivity index (χ2v) is 1.73. The van der Waals surface area contributed by atoms with Gasteiger partial charge in [-0.3, -0.25) is 0 Å². The van der Waals surface area contributed by atoms with E-state index >= 15 is 0 Å². The van der Waals surface area contributed by atoms with Crippen LogP contribution in [0.5, 0.6) is 0 Å². The molecule has 1 saturated heterocycles. The third-order valence-corrected chi connectivity index (χ3v) is 1.10. The maximum absolute atomic E-state index is 5.06. The SMILES string of the molecule is C.C=[N+]1CCOCC1. The van der Waals surface area contributed by atoms with Crippen molar-refractivity contribution in [1.29, 1.82) is 0 Å². The van der Waals surface area contributed by atoms with Crippen LogP contribution in [0.25, 0.3) is 0 Å². The van der Waals surface area contributed by atoms with E-state index in [1.165, 1.54) is 0 Å². The zero-order chi connectivity index (χ0) is 5.11. The molecule has 2 nitrogen and oxygen atoms in total. The Labute approximate surface area is 50.8 Å². The van der Waals surface area contributed by atoms with E-state index in [4.69, 9.17) is 4.74 Å². The van der Waals surface area contributed by atoms with E-state index in [0.29, 0.717) is 0 Å². The molecule has 1 rings (SSSR count). The van der Waals surface area contributed by atoms with Gasteiger partial charge in [0.2, 0.25) is 0 Å². The summed E-state index contributed by atoms with van der Waals surface area (Å²) in [6.07, 6.45) is 0. The molecule has 0 N–H and O–H groups in total. The quantitative estimate of drug-likeness (QED) is 0.416. The Morgan fingerprint density at radius 2 is 1.75 bits per heavy atom. The smallest absolute Gasteiger partial charge is 0.165 e. The van der Waals surface area contributed by atoms with Crippen LogP contribution < -0.4 is 0 Å². The lowest BCUT2D eigenvalue weighted by Gasteiger charge is -2.07. The highest BCUT2D eigenvalue weighted by atomic mass is 16.5. The van der Waals surface area contributed by atoms with Gasteiger partial charge in [0.1, 0.15) is 19.9 Å². The molecule has 1 aliphatic heterocycles. The minimum atomic E-state index is 0. The van der Waals surface area contributed by atoms with Crippen molar-refractivity contribution in [3.63, 3.8) is 0 Å². The van der Waals surface area contributed by atoms with E-state index in [-0.39, 0.29) is 7.43 Å². The lowest BCUT2D eigenvalue weighted by atomic mass is 10.5. The van der Waals surface area contributed by atoms with Gasteiger partial charge in [-0.15, -0.1) is 0 Å². The second kappa shape index (κ2) is 3.61. The minimum Gasteiger partial charge on any atom is -0.368 e. The van der Waals surface area contributed by atoms with Gasteiger partial charge in [-0.2, -0.15) is 0 Å². The summed E-state index contributed by atoms with van der Waals surface area (Å²) in [5.41, 5.74) is 0. The lowest BCUT2D eigenvalue weighted by molar-refractivity contribution is -0.541. The molecule has 0 radical (unpaired) electrons. The fraction of sp³-hybridized carbons (Fsp3) is 0.833. The third kappa shape index (κ3) is 2.07. The van der Waals surface area contributed by atoms with E-state index in [1.807, 2.05) is 4.58 Å². The monoisotopic (exact) mass is 116 g/mol. The van der Waals surface area contributed by atoms with Crippen LogP contribution in [-0.4, -0.2) is 37.6 Å². The number of nitrogens with zero attached hydrogens (tertiary/aromatic N) is 1. The van der Waals surface area contributed by atoms with Crippen molar-refractivity contribution in [3.8, 4) is 0 Å². The maximum Gasteiger partial charge on any atom is 0.165 e. The third-order valence-electron chi connectivity index (χ3n) is 1.10. The van der Waals surface area contributed by atoms with Crippen molar-refractivity contribution >= 4 is 6.72 Å². The molecule has 0 spiro atoms. The molecular formula is C6H14NO+. The van der Waals surface area contributed by atoms with Crippen LogP contribution in [0.3, 0.4) is 0 Å².